The van der Waals surface area contributed by atoms with Gasteiger partial charge in [-0.2, -0.15) is 4.98 Å². The molecule has 0 unspecified atom stereocenters. The van der Waals surface area contributed by atoms with Crippen molar-refractivity contribution in [2.24, 2.45) is 5.41 Å². The molecule has 3 heterocycles. The van der Waals surface area contributed by atoms with E-state index in [1.165, 1.54) is 0 Å². The van der Waals surface area contributed by atoms with Crippen LogP contribution < -0.4 is 10.2 Å². The highest BCUT2D eigenvalue weighted by Gasteiger charge is 2.34. The summed E-state index contributed by atoms with van der Waals surface area (Å²) in [5.74, 6) is -0.210. The van der Waals surface area contributed by atoms with Gasteiger partial charge in [0.1, 0.15) is 11.6 Å². The number of amides is 1. The third-order valence-corrected chi connectivity index (χ3v) is 5.96. The molecule has 0 bridgehead atoms. The van der Waals surface area contributed by atoms with Crippen molar-refractivity contribution in [2.75, 3.05) is 24.5 Å². The second-order valence-electron chi connectivity index (χ2n) is 9.51. The third-order valence-electron chi connectivity index (χ3n) is 5.96. The van der Waals surface area contributed by atoms with E-state index in [4.69, 9.17) is 9.25 Å². The largest absolute Gasteiger partial charge is 0.423 e. The molecule has 2 aromatic rings. The topological polar surface area (TPSA) is 87.9 Å². The molecule has 2 saturated heterocycles. The van der Waals surface area contributed by atoms with Gasteiger partial charge in [0.25, 0.3) is 6.01 Å². The first-order valence-corrected chi connectivity index (χ1v) is 11.2. The van der Waals surface area contributed by atoms with Crippen LogP contribution in [0.4, 0.5) is 6.01 Å². The molecule has 2 aliphatic rings. The van der Waals surface area contributed by atoms with Crippen molar-refractivity contribution in [1.82, 2.24) is 15.4 Å². The molecule has 0 saturated carbocycles. The Hall–Kier alpha value is -2.61. The maximum atomic E-state index is 13.1. The van der Waals surface area contributed by atoms with E-state index in [1.807, 2.05) is 49.9 Å². The van der Waals surface area contributed by atoms with Gasteiger partial charge in [-0.3, -0.25) is 4.79 Å². The summed E-state index contributed by atoms with van der Waals surface area (Å²) in [6.07, 6.45) is 4.31. The lowest BCUT2D eigenvalue weighted by molar-refractivity contribution is -0.205. The summed E-state index contributed by atoms with van der Waals surface area (Å²) >= 11 is 0. The lowest BCUT2D eigenvalue weighted by Gasteiger charge is -2.36. The number of rotatable bonds is 4. The number of nitrogens with zero attached hydrogens (tertiary/aromatic N) is 3. The average molecular weight is 429 g/mol. The van der Waals surface area contributed by atoms with Gasteiger partial charge in [0.2, 0.25) is 5.91 Å². The fourth-order valence-electron chi connectivity index (χ4n) is 4.06. The van der Waals surface area contributed by atoms with Crippen molar-refractivity contribution in [2.45, 2.75) is 65.0 Å². The number of hydroxylamine groups is 2. The van der Waals surface area contributed by atoms with Crippen LogP contribution in [0.15, 0.2) is 28.7 Å². The molecular formula is C23H32N4O4. The van der Waals surface area contributed by atoms with Gasteiger partial charge in [0, 0.05) is 25.7 Å². The number of carbonyl (C=O) groups excluding carboxylic acids is 2. The summed E-state index contributed by atoms with van der Waals surface area (Å²) in [4.78, 5) is 37.3. The third kappa shape index (κ3) is 5.01. The zero-order chi connectivity index (χ0) is 22.0. The van der Waals surface area contributed by atoms with Crippen LogP contribution in [0, 0.1) is 5.41 Å². The molecule has 168 valence electrons. The SMILES string of the molecule is CC(C)(C)C(=O)ON1CCC(NC(=O)[C@@H]2CCCCN2c2nc3ccccc3o2)CC1. The van der Waals surface area contributed by atoms with Crippen molar-refractivity contribution >= 4 is 29.0 Å². The quantitative estimate of drug-likeness (QED) is 0.800. The number of nitrogens with one attached hydrogen (secondary N) is 1. The predicted octanol–water partition coefficient (Wildman–Crippen LogP) is 3.27. The Balaban J connectivity index is 1.35. The normalized spacial score (nSPS) is 21.3. The zero-order valence-corrected chi connectivity index (χ0v) is 18.6. The van der Waals surface area contributed by atoms with E-state index in [0.29, 0.717) is 19.1 Å². The molecule has 31 heavy (non-hydrogen) atoms. The van der Waals surface area contributed by atoms with Gasteiger partial charge < -0.3 is 19.5 Å². The van der Waals surface area contributed by atoms with E-state index in [1.54, 1.807) is 5.06 Å². The van der Waals surface area contributed by atoms with Crippen LogP contribution >= 0.6 is 0 Å². The van der Waals surface area contributed by atoms with Gasteiger partial charge >= 0.3 is 5.97 Å². The summed E-state index contributed by atoms with van der Waals surface area (Å²) in [5, 5.41) is 4.92. The van der Waals surface area contributed by atoms with E-state index in [0.717, 1.165) is 49.7 Å². The molecule has 4 rings (SSSR count). The fourth-order valence-corrected chi connectivity index (χ4v) is 4.06. The Kier molecular flexibility index (Phi) is 6.18. The highest BCUT2D eigenvalue weighted by molar-refractivity contribution is 5.85. The number of fused-ring (bicyclic) bond motifs is 1. The summed E-state index contributed by atoms with van der Waals surface area (Å²) in [5.41, 5.74) is 1.01. The number of carbonyl (C=O) groups is 2. The average Bonchev–Trinajstić information content (AvgIpc) is 3.18. The van der Waals surface area contributed by atoms with Gasteiger partial charge in [-0.05, 0) is 65.0 Å². The first kappa shape index (κ1) is 21.6. The molecule has 8 nitrogen and oxygen atoms in total. The van der Waals surface area contributed by atoms with Gasteiger partial charge in [-0.15, -0.1) is 5.06 Å². The number of hydrogen-bond acceptors (Lipinski definition) is 7. The molecule has 2 fully saturated rings. The summed E-state index contributed by atoms with van der Waals surface area (Å²) < 4.78 is 5.94. The van der Waals surface area contributed by atoms with Gasteiger partial charge in [0.15, 0.2) is 5.58 Å². The Morgan fingerprint density at radius 2 is 1.84 bits per heavy atom. The number of aromatic nitrogens is 1. The second kappa shape index (κ2) is 8.86. The van der Waals surface area contributed by atoms with Crippen LogP contribution in [-0.2, 0) is 14.4 Å². The number of oxazole rings is 1. The summed E-state index contributed by atoms with van der Waals surface area (Å²) in [6, 6.07) is 7.98. The molecule has 0 aliphatic carbocycles. The minimum atomic E-state index is -0.528. The maximum absolute atomic E-state index is 13.1. The first-order chi connectivity index (χ1) is 14.8. The Morgan fingerprint density at radius 3 is 2.55 bits per heavy atom. The Morgan fingerprint density at radius 1 is 1.10 bits per heavy atom. The smallest absolute Gasteiger partial charge is 0.330 e. The Bertz CT molecular complexity index is 894. The zero-order valence-electron chi connectivity index (χ0n) is 18.6. The van der Waals surface area contributed by atoms with Crippen molar-refractivity contribution in [3.05, 3.63) is 24.3 Å². The van der Waals surface area contributed by atoms with Crippen LogP contribution in [0.5, 0.6) is 0 Å². The lowest BCUT2D eigenvalue weighted by Crippen LogP contribution is -2.54. The fraction of sp³-hybridized carbons (Fsp3) is 0.609. The van der Waals surface area contributed by atoms with Crippen molar-refractivity contribution < 1.29 is 18.8 Å². The number of benzene rings is 1. The number of hydrogen-bond donors (Lipinski definition) is 1. The number of anilines is 1. The monoisotopic (exact) mass is 428 g/mol. The number of piperidine rings is 2. The summed E-state index contributed by atoms with van der Waals surface area (Å²) in [7, 11) is 0. The van der Waals surface area contributed by atoms with Crippen molar-refractivity contribution in [3.8, 4) is 0 Å². The second-order valence-corrected chi connectivity index (χ2v) is 9.51. The van der Waals surface area contributed by atoms with E-state index in [9.17, 15) is 9.59 Å². The van der Waals surface area contributed by atoms with E-state index in [-0.39, 0.29) is 24.0 Å². The van der Waals surface area contributed by atoms with Crippen LogP contribution in [0.1, 0.15) is 52.9 Å². The molecule has 2 aliphatic heterocycles. The van der Waals surface area contributed by atoms with Gasteiger partial charge in [-0.25, -0.2) is 4.79 Å². The van der Waals surface area contributed by atoms with Crippen LogP contribution in [0.2, 0.25) is 0 Å². The first-order valence-electron chi connectivity index (χ1n) is 11.2. The van der Waals surface area contributed by atoms with Crippen molar-refractivity contribution in [3.63, 3.8) is 0 Å². The minimum Gasteiger partial charge on any atom is -0.423 e. The van der Waals surface area contributed by atoms with E-state index in [2.05, 4.69) is 10.3 Å². The summed E-state index contributed by atoms with van der Waals surface area (Å²) in [6.45, 7) is 7.52. The molecule has 1 aromatic heterocycles. The predicted molar refractivity (Wildman–Crippen MR) is 117 cm³/mol. The van der Waals surface area contributed by atoms with Crippen LogP contribution in [0.25, 0.3) is 11.1 Å². The lowest BCUT2D eigenvalue weighted by atomic mass is 9.97. The molecule has 8 heteroatoms. The molecule has 1 amide bonds. The highest BCUT2D eigenvalue weighted by Crippen LogP contribution is 2.28. The molecule has 0 spiro atoms. The maximum Gasteiger partial charge on any atom is 0.330 e. The standard InChI is InChI=1S/C23H32N4O4/c1-23(2,3)21(29)31-26-14-11-16(12-15-26)24-20(28)18-9-6-7-13-27(18)22-25-17-8-4-5-10-19(17)30-22/h4-5,8,10,16,18H,6-7,9,11-15H2,1-3H3,(H,24,28)/t18-/m0/s1. The Labute approximate surface area is 182 Å². The van der Waals surface area contributed by atoms with Crippen LogP contribution in [-0.4, -0.2) is 53.6 Å². The van der Waals surface area contributed by atoms with Crippen LogP contribution in [0.3, 0.4) is 0 Å². The number of para-hydroxylation sites is 2. The van der Waals surface area contributed by atoms with Crippen molar-refractivity contribution in [1.29, 1.82) is 0 Å². The van der Waals surface area contributed by atoms with Gasteiger partial charge in [0.05, 0.1) is 5.41 Å². The highest BCUT2D eigenvalue weighted by atomic mass is 16.7. The molecular weight excluding hydrogens is 396 g/mol. The van der Waals surface area contributed by atoms with Gasteiger partial charge in [-0.1, -0.05) is 12.1 Å². The molecule has 1 atom stereocenters. The molecule has 1 N–H and O–H groups in total. The van der Waals surface area contributed by atoms with E-state index < -0.39 is 5.41 Å². The minimum absolute atomic E-state index is 0.0205. The molecule has 1 aromatic carbocycles. The van der Waals surface area contributed by atoms with E-state index >= 15 is 0 Å². The molecule has 0 radical (unpaired) electrons.